The molecule has 0 saturated carbocycles. The molecule has 1 amide bonds. The second-order valence-corrected chi connectivity index (χ2v) is 4.51. The van der Waals surface area contributed by atoms with E-state index in [4.69, 9.17) is 4.74 Å². The third kappa shape index (κ3) is 4.67. The second kappa shape index (κ2) is 7.08. The Labute approximate surface area is 129 Å². The van der Waals surface area contributed by atoms with Crippen LogP contribution >= 0.6 is 0 Å². The number of rotatable bonds is 5. The van der Waals surface area contributed by atoms with Crippen LogP contribution < -0.4 is 10.1 Å². The smallest absolute Gasteiger partial charge is 0.416 e. The molecule has 0 unspecified atom stereocenters. The number of hydrogen-bond donors (Lipinski definition) is 1. The van der Waals surface area contributed by atoms with Crippen molar-refractivity contribution >= 4 is 5.91 Å². The molecule has 0 aliphatic rings. The quantitative estimate of drug-likeness (QED) is 0.678. The van der Waals surface area contributed by atoms with Crippen LogP contribution in [0.4, 0.5) is 17.6 Å². The minimum absolute atomic E-state index is 0.0686. The number of halogens is 4. The minimum Gasteiger partial charge on any atom is -0.479 e. The first-order chi connectivity index (χ1) is 10.9. The maximum atomic E-state index is 13.2. The standard InChI is InChI=1S/C15H12F4N2O2/c16-14-12(6-3-7-20-14)23-9-13(22)21-8-10-4-1-2-5-11(10)15(17,18)19/h1-7H,8-9H2,(H,21,22). The van der Waals surface area contributed by atoms with Gasteiger partial charge in [0, 0.05) is 12.7 Å². The molecule has 0 radical (unpaired) electrons. The summed E-state index contributed by atoms with van der Waals surface area (Å²) in [7, 11) is 0. The molecule has 2 rings (SSSR count). The van der Waals surface area contributed by atoms with Gasteiger partial charge in [-0.2, -0.15) is 17.6 Å². The normalized spacial score (nSPS) is 11.1. The molecule has 4 nitrogen and oxygen atoms in total. The van der Waals surface area contributed by atoms with Gasteiger partial charge in [0.25, 0.3) is 11.9 Å². The number of aromatic nitrogens is 1. The number of hydrogen-bond acceptors (Lipinski definition) is 3. The van der Waals surface area contributed by atoms with E-state index < -0.39 is 30.2 Å². The van der Waals surface area contributed by atoms with Gasteiger partial charge < -0.3 is 10.1 Å². The van der Waals surface area contributed by atoms with E-state index in [1.807, 2.05) is 0 Å². The molecule has 0 atom stereocenters. The van der Waals surface area contributed by atoms with Crippen LogP contribution in [-0.2, 0) is 17.5 Å². The zero-order valence-corrected chi connectivity index (χ0v) is 11.7. The van der Waals surface area contributed by atoms with E-state index in [9.17, 15) is 22.4 Å². The van der Waals surface area contributed by atoms with Crippen LogP contribution in [0.3, 0.4) is 0 Å². The maximum Gasteiger partial charge on any atom is 0.416 e. The molecule has 1 aromatic heterocycles. The zero-order chi connectivity index (χ0) is 16.9. The first kappa shape index (κ1) is 16.7. The monoisotopic (exact) mass is 328 g/mol. The van der Waals surface area contributed by atoms with Gasteiger partial charge in [-0.1, -0.05) is 18.2 Å². The third-order valence-corrected chi connectivity index (χ3v) is 2.88. The van der Waals surface area contributed by atoms with Gasteiger partial charge in [0.05, 0.1) is 5.56 Å². The number of nitrogens with one attached hydrogen (secondary N) is 1. The maximum absolute atomic E-state index is 13.2. The van der Waals surface area contributed by atoms with E-state index in [0.29, 0.717) is 0 Å². The number of benzene rings is 1. The summed E-state index contributed by atoms with van der Waals surface area (Å²) in [5.74, 6) is -1.76. The van der Waals surface area contributed by atoms with Gasteiger partial charge in [-0.05, 0) is 23.8 Å². The summed E-state index contributed by atoms with van der Waals surface area (Å²) in [5.41, 5.74) is -0.888. The first-order valence-electron chi connectivity index (χ1n) is 6.53. The van der Waals surface area contributed by atoms with Crippen LogP contribution in [0.2, 0.25) is 0 Å². The highest BCUT2D eigenvalue weighted by molar-refractivity contribution is 5.77. The summed E-state index contributed by atoms with van der Waals surface area (Å²) in [4.78, 5) is 14.9. The highest BCUT2D eigenvalue weighted by atomic mass is 19.4. The van der Waals surface area contributed by atoms with Crippen molar-refractivity contribution in [2.24, 2.45) is 0 Å². The average molecular weight is 328 g/mol. The highest BCUT2D eigenvalue weighted by Crippen LogP contribution is 2.31. The number of nitrogens with zero attached hydrogens (tertiary/aromatic N) is 1. The predicted molar refractivity (Wildman–Crippen MR) is 73.0 cm³/mol. The number of carbonyl (C=O) groups excluding carboxylic acids is 1. The Balaban J connectivity index is 1.92. The molecule has 0 aliphatic carbocycles. The number of alkyl halides is 3. The molecule has 1 heterocycles. The number of carbonyl (C=O) groups is 1. The highest BCUT2D eigenvalue weighted by Gasteiger charge is 2.32. The lowest BCUT2D eigenvalue weighted by atomic mass is 10.1. The molecule has 0 bridgehead atoms. The van der Waals surface area contributed by atoms with Crippen molar-refractivity contribution in [2.45, 2.75) is 12.7 Å². The lowest BCUT2D eigenvalue weighted by molar-refractivity contribution is -0.138. The number of pyridine rings is 1. The molecule has 2 aromatic rings. The Hall–Kier alpha value is -2.64. The van der Waals surface area contributed by atoms with Crippen molar-refractivity contribution in [2.75, 3.05) is 6.61 Å². The van der Waals surface area contributed by atoms with Crippen molar-refractivity contribution in [3.8, 4) is 5.75 Å². The van der Waals surface area contributed by atoms with Gasteiger partial charge in [-0.15, -0.1) is 0 Å². The summed E-state index contributed by atoms with van der Waals surface area (Å²) in [5, 5.41) is 2.29. The van der Waals surface area contributed by atoms with E-state index in [1.54, 1.807) is 0 Å². The van der Waals surface area contributed by atoms with Gasteiger partial charge >= 0.3 is 6.18 Å². The van der Waals surface area contributed by atoms with Gasteiger partial charge in [0.15, 0.2) is 12.4 Å². The summed E-state index contributed by atoms with van der Waals surface area (Å²) in [6.07, 6.45) is -3.28. The van der Waals surface area contributed by atoms with Gasteiger partial charge in [0.1, 0.15) is 0 Å². The molecule has 8 heteroatoms. The minimum atomic E-state index is -4.50. The fraction of sp³-hybridized carbons (Fsp3) is 0.200. The fourth-order valence-electron chi connectivity index (χ4n) is 1.82. The van der Waals surface area contributed by atoms with Crippen molar-refractivity contribution in [1.29, 1.82) is 0 Å². The first-order valence-corrected chi connectivity index (χ1v) is 6.53. The van der Waals surface area contributed by atoms with Crippen LogP contribution in [-0.4, -0.2) is 17.5 Å². The Morgan fingerprint density at radius 2 is 1.91 bits per heavy atom. The van der Waals surface area contributed by atoms with Crippen molar-refractivity contribution in [3.05, 3.63) is 59.7 Å². The van der Waals surface area contributed by atoms with Crippen LogP contribution in [0.5, 0.6) is 5.75 Å². The largest absolute Gasteiger partial charge is 0.479 e. The van der Waals surface area contributed by atoms with Gasteiger partial charge in [-0.3, -0.25) is 4.79 Å². The topological polar surface area (TPSA) is 51.2 Å². The SMILES string of the molecule is O=C(COc1cccnc1F)NCc1ccccc1C(F)(F)F. The molecule has 1 N–H and O–H groups in total. The number of amides is 1. The fourth-order valence-corrected chi connectivity index (χ4v) is 1.82. The second-order valence-electron chi connectivity index (χ2n) is 4.51. The molecular formula is C15H12F4N2O2. The molecule has 122 valence electrons. The van der Waals surface area contributed by atoms with E-state index in [2.05, 4.69) is 10.3 Å². The van der Waals surface area contributed by atoms with Gasteiger partial charge in [-0.25, -0.2) is 4.98 Å². The van der Waals surface area contributed by atoms with Crippen LogP contribution in [0.25, 0.3) is 0 Å². The summed E-state index contributed by atoms with van der Waals surface area (Å²) in [6, 6.07) is 7.62. The summed E-state index contributed by atoms with van der Waals surface area (Å²) >= 11 is 0. The van der Waals surface area contributed by atoms with E-state index in [0.717, 1.165) is 6.07 Å². The third-order valence-electron chi connectivity index (χ3n) is 2.88. The Morgan fingerprint density at radius 3 is 2.61 bits per heavy atom. The van der Waals surface area contributed by atoms with Crippen LogP contribution in [0.15, 0.2) is 42.6 Å². The van der Waals surface area contributed by atoms with Crippen molar-refractivity contribution in [3.63, 3.8) is 0 Å². The molecular weight excluding hydrogens is 316 g/mol. The Bertz CT molecular complexity index is 689. The molecule has 0 spiro atoms. The summed E-state index contributed by atoms with van der Waals surface area (Å²) in [6.45, 7) is -0.843. The summed E-state index contributed by atoms with van der Waals surface area (Å²) < 4.78 is 56.5. The van der Waals surface area contributed by atoms with Crippen molar-refractivity contribution < 1.29 is 27.1 Å². The Kier molecular flexibility index (Phi) is 5.15. The average Bonchev–Trinajstić information content (AvgIpc) is 2.51. The van der Waals surface area contributed by atoms with Crippen LogP contribution in [0.1, 0.15) is 11.1 Å². The van der Waals surface area contributed by atoms with Crippen LogP contribution in [0, 0.1) is 5.95 Å². The van der Waals surface area contributed by atoms with E-state index >= 15 is 0 Å². The predicted octanol–water partition coefficient (Wildman–Crippen LogP) is 2.93. The van der Waals surface area contributed by atoms with Gasteiger partial charge in [0.2, 0.25) is 0 Å². The lowest BCUT2D eigenvalue weighted by Gasteiger charge is -2.13. The molecule has 0 saturated heterocycles. The van der Waals surface area contributed by atoms with E-state index in [-0.39, 0.29) is 17.9 Å². The molecule has 0 aliphatic heterocycles. The van der Waals surface area contributed by atoms with Crippen molar-refractivity contribution in [1.82, 2.24) is 10.3 Å². The molecule has 0 fully saturated rings. The molecule has 1 aromatic carbocycles. The number of ether oxygens (including phenoxy) is 1. The zero-order valence-electron chi connectivity index (χ0n) is 11.7. The Morgan fingerprint density at radius 1 is 1.17 bits per heavy atom. The van der Waals surface area contributed by atoms with E-state index in [1.165, 1.54) is 36.5 Å². The lowest BCUT2D eigenvalue weighted by Crippen LogP contribution is -2.29. The molecule has 23 heavy (non-hydrogen) atoms.